The highest BCUT2D eigenvalue weighted by molar-refractivity contribution is 7.85. The van der Waals surface area contributed by atoms with E-state index in [1.807, 2.05) is 0 Å². The molecule has 1 amide bonds. The van der Waals surface area contributed by atoms with Crippen molar-refractivity contribution in [3.8, 4) is 0 Å². The van der Waals surface area contributed by atoms with Gasteiger partial charge < -0.3 is 10.1 Å². The normalized spacial score (nSPS) is 13.7. The fourth-order valence-corrected chi connectivity index (χ4v) is 1.51. The van der Waals surface area contributed by atoms with Gasteiger partial charge in [0.2, 0.25) is 0 Å². The Morgan fingerprint density at radius 3 is 2.32 bits per heavy atom. The molecule has 0 heterocycles. The molecule has 0 bridgehead atoms. The lowest BCUT2D eigenvalue weighted by atomic mass is 10.1. The van der Waals surface area contributed by atoms with E-state index in [9.17, 15) is 13.2 Å². The Bertz CT molecular complexity index is 422. The van der Waals surface area contributed by atoms with Crippen molar-refractivity contribution in [2.75, 3.05) is 12.9 Å². The van der Waals surface area contributed by atoms with E-state index in [-0.39, 0.29) is 12.6 Å². The molecule has 0 aliphatic heterocycles. The van der Waals surface area contributed by atoms with Crippen LogP contribution < -0.4 is 5.32 Å². The number of nitrogens with one attached hydrogen (secondary N) is 1. The van der Waals surface area contributed by atoms with E-state index in [0.717, 1.165) is 6.26 Å². The Hall–Kier alpha value is -1.08. The van der Waals surface area contributed by atoms with Crippen LogP contribution in [0.25, 0.3) is 0 Å². The lowest BCUT2D eigenvalue weighted by Crippen LogP contribution is -2.38. The fraction of sp³-hybridized carbons (Fsp3) is 0.750. The molecule has 1 atom stereocenters. The second-order valence-electron chi connectivity index (χ2n) is 5.30. The number of carbonyl (C=O) groups excluding carboxylic acids is 1. The molecule has 1 unspecified atom stereocenters. The molecule has 0 aromatic rings. The summed E-state index contributed by atoms with van der Waals surface area (Å²) in [5, 5.41) is 2.62. The first-order valence-corrected chi connectivity index (χ1v) is 7.74. The van der Waals surface area contributed by atoms with Crippen LogP contribution in [0.3, 0.4) is 0 Å². The molecule has 1 N–H and O–H groups in total. The van der Waals surface area contributed by atoms with Gasteiger partial charge >= 0.3 is 6.09 Å². The zero-order chi connectivity index (χ0) is 15.3. The van der Waals surface area contributed by atoms with E-state index in [1.54, 1.807) is 27.7 Å². The van der Waals surface area contributed by atoms with Crippen molar-refractivity contribution in [2.45, 2.75) is 45.8 Å². The van der Waals surface area contributed by atoms with Crippen LogP contribution in [-0.2, 0) is 19.0 Å². The third kappa shape index (κ3) is 10.5. The fourth-order valence-electron chi connectivity index (χ4n) is 1.13. The summed E-state index contributed by atoms with van der Waals surface area (Å²) in [6.07, 6.45) is 0.785. The molecular formula is C12H23NO5S. The SMILES string of the molecule is C=C(CCOS(C)(=O)=O)C(C)NC(=O)OC(C)(C)C. The maximum absolute atomic E-state index is 11.5. The Morgan fingerprint density at radius 1 is 1.37 bits per heavy atom. The zero-order valence-corrected chi connectivity index (χ0v) is 13.0. The topological polar surface area (TPSA) is 81.7 Å². The van der Waals surface area contributed by atoms with Gasteiger partial charge in [-0.3, -0.25) is 4.18 Å². The Kier molecular flexibility index (Phi) is 6.51. The molecule has 0 aliphatic carbocycles. The van der Waals surface area contributed by atoms with Crippen molar-refractivity contribution < 1.29 is 22.1 Å². The van der Waals surface area contributed by atoms with Gasteiger partial charge in [0.05, 0.1) is 18.9 Å². The van der Waals surface area contributed by atoms with Crippen molar-refractivity contribution in [1.82, 2.24) is 5.32 Å². The molecule has 0 aliphatic rings. The summed E-state index contributed by atoms with van der Waals surface area (Å²) < 4.78 is 31.3. The smallest absolute Gasteiger partial charge is 0.408 e. The predicted molar refractivity (Wildman–Crippen MR) is 73.4 cm³/mol. The number of hydrogen-bond acceptors (Lipinski definition) is 5. The van der Waals surface area contributed by atoms with Crippen molar-refractivity contribution in [3.63, 3.8) is 0 Å². The second-order valence-corrected chi connectivity index (χ2v) is 6.95. The van der Waals surface area contributed by atoms with Crippen LogP contribution in [0.4, 0.5) is 4.79 Å². The van der Waals surface area contributed by atoms with Gasteiger partial charge in [0.15, 0.2) is 0 Å². The molecule has 6 nitrogen and oxygen atoms in total. The standard InChI is InChI=1S/C12H23NO5S/c1-9(7-8-17-19(6,15)16)10(2)13-11(14)18-12(3,4)5/h10H,1,7-8H2,2-6H3,(H,13,14). The zero-order valence-electron chi connectivity index (χ0n) is 12.1. The van der Waals surface area contributed by atoms with Gasteiger partial charge in [-0.1, -0.05) is 12.2 Å². The van der Waals surface area contributed by atoms with Gasteiger partial charge in [0.1, 0.15) is 5.60 Å². The van der Waals surface area contributed by atoms with Gasteiger partial charge in [0, 0.05) is 0 Å². The third-order valence-corrected chi connectivity index (χ3v) is 2.66. The number of alkyl carbamates (subject to hydrolysis) is 1. The van der Waals surface area contributed by atoms with Crippen LogP contribution >= 0.6 is 0 Å². The summed E-state index contributed by atoms with van der Waals surface area (Å²) in [4.78, 5) is 11.5. The van der Waals surface area contributed by atoms with E-state index in [2.05, 4.69) is 16.1 Å². The highest BCUT2D eigenvalue weighted by Gasteiger charge is 2.18. The molecule has 0 fully saturated rings. The molecule has 0 spiro atoms. The Balaban J connectivity index is 4.11. The van der Waals surface area contributed by atoms with E-state index in [4.69, 9.17) is 4.74 Å². The van der Waals surface area contributed by atoms with Crippen molar-refractivity contribution >= 4 is 16.2 Å². The van der Waals surface area contributed by atoms with E-state index in [0.29, 0.717) is 12.0 Å². The number of rotatable bonds is 6. The summed E-state index contributed by atoms with van der Waals surface area (Å²) in [5.41, 5.74) is 0.0966. The first-order valence-electron chi connectivity index (χ1n) is 5.92. The van der Waals surface area contributed by atoms with Gasteiger partial charge in [-0.25, -0.2) is 4.79 Å². The van der Waals surface area contributed by atoms with Gasteiger partial charge in [-0.05, 0) is 34.1 Å². The highest BCUT2D eigenvalue weighted by atomic mass is 32.2. The average Bonchev–Trinajstić information content (AvgIpc) is 2.11. The Morgan fingerprint density at radius 2 is 1.89 bits per heavy atom. The van der Waals surface area contributed by atoms with E-state index < -0.39 is 21.8 Å². The maximum atomic E-state index is 11.5. The second kappa shape index (κ2) is 6.91. The van der Waals surface area contributed by atoms with Crippen LogP contribution in [0.5, 0.6) is 0 Å². The minimum atomic E-state index is -3.45. The number of amides is 1. The third-order valence-electron chi connectivity index (χ3n) is 2.07. The predicted octanol–water partition coefficient (Wildman–Crippen LogP) is 1.82. The highest BCUT2D eigenvalue weighted by Crippen LogP contribution is 2.09. The average molecular weight is 293 g/mol. The van der Waals surface area contributed by atoms with Gasteiger partial charge in [-0.2, -0.15) is 8.42 Å². The summed E-state index contributed by atoms with van der Waals surface area (Å²) in [6, 6.07) is -0.321. The van der Waals surface area contributed by atoms with Crippen LogP contribution in [0, 0.1) is 0 Å². The number of hydrogen-bond donors (Lipinski definition) is 1. The maximum Gasteiger partial charge on any atom is 0.408 e. The van der Waals surface area contributed by atoms with Crippen LogP contribution in [-0.4, -0.2) is 39.0 Å². The molecule has 19 heavy (non-hydrogen) atoms. The van der Waals surface area contributed by atoms with Gasteiger partial charge in [0.25, 0.3) is 10.1 Å². The van der Waals surface area contributed by atoms with Crippen molar-refractivity contribution in [3.05, 3.63) is 12.2 Å². The summed E-state index contributed by atoms with van der Waals surface area (Å²) in [5.74, 6) is 0. The van der Waals surface area contributed by atoms with Crippen LogP contribution in [0.15, 0.2) is 12.2 Å². The molecule has 0 aromatic carbocycles. The van der Waals surface area contributed by atoms with E-state index in [1.165, 1.54) is 0 Å². The molecule has 0 rings (SSSR count). The monoisotopic (exact) mass is 293 g/mol. The van der Waals surface area contributed by atoms with Crippen molar-refractivity contribution in [1.29, 1.82) is 0 Å². The van der Waals surface area contributed by atoms with E-state index >= 15 is 0 Å². The number of carbonyl (C=O) groups is 1. The van der Waals surface area contributed by atoms with Crippen molar-refractivity contribution in [2.24, 2.45) is 0 Å². The molecule has 0 saturated heterocycles. The molecule has 0 radical (unpaired) electrons. The van der Waals surface area contributed by atoms with Crippen LogP contribution in [0.2, 0.25) is 0 Å². The first-order chi connectivity index (χ1) is 8.41. The van der Waals surface area contributed by atoms with Crippen LogP contribution in [0.1, 0.15) is 34.1 Å². The molecule has 0 saturated carbocycles. The lowest BCUT2D eigenvalue weighted by molar-refractivity contribution is 0.0514. The molecule has 112 valence electrons. The largest absolute Gasteiger partial charge is 0.444 e. The summed E-state index contributed by atoms with van der Waals surface area (Å²) in [7, 11) is -3.45. The first kappa shape index (κ1) is 17.9. The summed E-state index contributed by atoms with van der Waals surface area (Å²) in [6.45, 7) is 10.8. The Labute approximate surface area is 115 Å². The summed E-state index contributed by atoms with van der Waals surface area (Å²) >= 11 is 0. The minimum Gasteiger partial charge on any atom is -0.444 e. The van der Waals surface area contributed by atoms with Gasteiger partial charge in [-0.15, -0.1) is 0 Å². The minimum absolute atomic E-state index is 0.0119. The quantitative estimate of drug-likeness (QED) is 0.596. The lowest BCUT2D eigenvalue weighted by Gasteiger charge is -2.22. The molecular weight excluding hydrogens is 270 g/mol. The molecule has 7 heteroatoms. The molecule has 0 aromatic heterocycles. The number of ether oxygens (including phenoxy) is 1.